The van der Waals surface area contributed by atoms with Crippen LogP contribution in [0.4, 0.5) is 0 Å². The lowest BCUT2D eigenvalue weighted by atomic mass is 10.1. The van der Waals surface area contributed by atoms with Crippen molar-refractivity contribution in [2.75, 3.05) is 0 Å². The van der Waals surface area contributed by atoms with Crippen LogP contribution in [-0.4, -0.2) is 15.4 Å². The predicted molar refractivity (Wildman–Crippen MR) is 68.9 cm³/mol. The van der Waals surface area contributed by atoms with Gasteiger partial charge >= 0.3 is 0 Å². The molecule has 0 unspecified atom stereocenters. The van der Waals surface area contributed by atoms with Crippen molar-refractivity contribution in [1.29, 1.82) is 0 Å². The fourth-order valence-electron chi connectivity index (χ4n) is 2.29. The van der Waals surface area contributed by atoms with Gasteiger partial charge in [0.15, 0.2) is 0 Å². The van der Waals surface area contributed by atoms with Crippen molar-refractivity contribution < 1.29 is 9.26 Å². The standard InChI is InChI=1S/C14H13N3O2/c1-2-9(1)12-5-10-7-15-16-13(10)6-14(12)18-8-11-3-4-19-17-11/h3-7,9H,1-2,8H2,(H,15,16). The molecular formula is C14H13N3O2. The highest BCUT2D eigenvalue weighted by Gasteiger charge is 2.27. The van der Waals surface area contributed by atoms with Crippen molar-refractivity contribution in [2.45, 2.75) is 25.4 Å². The molecule has 1 aromatic carbocycles. The average molecular weight is 255 g/mol. The van der Waals surface area contributed by atoms with Gasteiger partial charge in [-0.25, -0.2) is 0 Å². The molecule has 2 heterocycles. The highest BCUT2D eigenvalue weighted by atomic mass is 16.5. The molecule has 0 atom stereocenters. The van der Waals surface area contributed by atoms with E-state index in [1.165, 1.54) is 18.4 Å². The Morgan fingerprint density at radius 2 is 2.32 bits per heavy atom. The summed E-state index contributed by atoms with van der Waals surface area (Å²) >= 11 is 0. The normalized spacial score (nSPS) is 14.9. The molecule has 5 heteroatoms. The van der Waals surface area contributed by atoms with Gasteiger partial charge in [0.2, 0.25) is 0 Å². The first-order valence-electron chi connectivity index (χ1n) is 6.39. The van der Waals surface area contributed by atoms with Crippen molar-refractivity contribution in [3.63, 3.8) is 0 Å². The summed E-state index contributed by atoms with van der Waals surface area (Å²) in [6, 6.07) is 6.01. The number of hydrogen-bond donors (Lipinski definition) is 1. The summed E-state index contributed by atoms with van der Waals surface area (Å²) in [4.78, 5) is 0. The molecule has 0 amide bonds. The Balaban J connectivity index is 1.68. The minimum Gasteiger partial charge on any atom is -0.487 e. The molecule has 1 aliphatic rings. The molecule has 96 valence electrons. The minimum absolute atomic E-state index is 0.426. The number of benzene rings is 1. The minimum atomic E-state index is 0.426. The van der Waals surface area contributed by atoms with Crippen LogP contribution in [0.2, 0.25) is 0 Å². The van der Waals surface area contributed by atoms with Gasteiger partial charge in [0.25, 0.3) is 0 Å². The third-order valence-electron chi connectivity index (χ3n) is 3.45. The van der Waals surface area contributed by atoms with Crippen LogP contribution in [-0.2, 0) is 6.61 Å². The molecule has 0 saturated heterocycles. The first kappa shape index (κ1) is 10.6. The summed E-state index contributed by atoms with van der Waals surface area (Å²) in [6.45, 7) is 0.426. The van der Waals surface area contributed by atoms with E-state index in [2.05, 4.69) is 21.4 Å². The van der Waals surface area contributed by atoms with Gasteiger partial charge in [-0.1, -0.05) is 5.16 Å². The molecule has 1 saturated carbocycles. The van der Waals surface area contributed by atoms with Gasteiger partial charge in [0, 0.05) is 17.5 Å². The maximum atomic E-state index is 5.89. The van der Waals surface area contributed by atoms with Crippen LogP contribution < -0.4 is 4.74 Å². The highest BCUT2D eigenvalue weighted by Crippen LogP contribution is 2.45. The van der Waals surface area contributed by atoms with Gasteiger partial charge in [-0.05, 0) is 30.4 Å². The predicted octanol–water partition coefficient (Wildman–Crippen LogP) is 3.01. The number of fused-ring (bicyclic) bond motifs is 1. The van der Waals surface area contributed by atoms with E-state index >= 15 is 0 Å². The zero-order valence-electron chi connectivity index (χ0n) is 10.3. The van der Waals surface area contributed by atoms with Crippen LogP contribution in [0, 0.1) is 0 Å². The topological polar surface area (TPSA) is 63.9 Å². The van der Waals surface area contributed by atoms with Crippen molar-refractivity contribution >= 4 is 10.9 Å². The second-order valence-electron chi connectivity index (χ2n) is 4.90. The van der Waals surface area contributed by atoms with E-state index in [1.54, 1.807) is 6.26 Å². The van der Waals surface area contributed by atoms with Crippen molar-refractivity contribution in [3.05, 3.63) is 41.9 Å². The molecule has 0 spiro atoms. The van der Waals surface area contributed by atoms with Gasteiger partial charge in [-0.2, -0.15) is 5.10 Å². The molecule has 4 rings (SSSR count). The molecule has 3 aromatic rings. The Morgan fingerprint density at radius 1 is 1.37 bits per heavy atom. The first-order valence-corrected chi connectivity index (χ1v) is 6.39. The van der Waals surface area contributed by atoms with E-state index in [-0.39, 0.29) is 0 Å². The lowest BCUT2D eigenvalue weighted by molar-refractivity contribution is 0.287. The molecule has 5 nitrogen and oxygen atoms in total. The molecular weight excluding hydrogens is 242 g/mol. The molecule has 1 fully saturated rings. The second kappa shape index (κ2) is 4.12. The van der Waals surface area contributed by atoms with E-state index in [9.17, 15) is 0 Å². The SMILES string of the molecule is c1cc(COc2cc3[nH]ncc3cc2C2CC2)no1. The second-order valence-corrected chi connectivity index (χ2v) is 4.90. The number of nitrogens with one attached hydrogen (secondary N) is 1. The van der Waals surface area contributed by atoms with Gasteiger partial charge in [-0.15, -0.1) is 0 Å². The van der Waals surface area contributed by atoms with E-state index < -0.39 is 0 Å². The molecule has 0 aliphatic heterocycles. The van der Waals surface area contributed by atoms with Crippen molar-refractivity contribution in [1.82, 2.24) is 15.4 Å². The monoisotopic (exact) mass is 255 g/mol. The number of aromatic nitrogens is 3. The number of ether oxygens (including phenoxy) is 1. The zero-order chi connectivity index (χ0) is 12.7. The Kier molecular flexibility index (Phi) is 2.30. The maximum absolute atomic E-state index is 5.89. The smallest absolute Gasteiger partial charge is 0.134 e. The summed E-state index contributed by atoms with van der Waals surface area (Å²) in [7, 11) is 0. The van der Waals surface area contributed by atoms with Crippen LogP contribution in [0.15, 0.2) is 35.2 Å². The summed E-state index contributed by atoms with van der Waals surface area (Å²) in [6.07, 6.45) is 5.88. The number of nitrogens with zero attached hydrogens (tertiary/aromatic N) is 2. The summed E-state index contributed by atoms with van der Waals surface area (Å²) in [5.74, 6) is 1.55. The molecule has 0 bridgehead atoms. The lowest BCUT2D eigenvalue weighted by Crippen LogP contribution is -1.98. The molecule has 1 aliphatic carbocycles. The van der Waals surface area contributed by atoms with E-state index in [1.807, 2.05) is 18.3 Å². The maximum Gasteiger partial charge on any atom is 0.134 e. The van der Waals surface area contributed by atoms with Crippen LogP contribution in [0.1, 0.15) is 30.0 Å². The van der Waals surface area contributed by atoms with Gasteiger partial charge in [-0.3, -0.25) is 5.10 Å². The van der Waals surface area contributed by atoms with Gasteiger partial charge in [0.1, 0.15) is 24.3 Å². The van der Waals surface area contributed by atoms with Crippen LogP contribution >= 0.6 is 0 Å². The lowest BCUT2D eigenvalue weighted by Gasteiger charge is -2.10. The highest BCUT2D eigenvalue weighted by molar-refractivity contribution is 5.81. The Bertz CT molecular complexity index is 699. The van der Waals surface area contributed by atoms with Crippen LogP contribution in [0.5, 0.6) is 5.75 Å². The Hall–Kier alpha value is -2.30. The Morgan fingerprint density at radius 3 is 3.11 bits per heavy atom. The summed E-state index contributed by atoms with van der Waals surface area (Å²) < 4.78 is 10.7. The summed E-state index contributed by atoms with van der Waals surface area (Å²) in [5, 5.41) is 12.0. The fourth-order valence-corrected chi connectivity index (χ4v) is 2.29. The number of hydrogen-bond acceptors (Lipinski definition) is 4. The first-order chi connectivity index (χ1) is 9.40. The summed E-state index contributed by atoms with van der Waals surface area (Å²) in [5.41, 5.74) is 3.07. The fraction of sp³-hybridized carbons (Fsp3) is 0.286. The Labute approximate surface area is 109 Å². The quantitative estimate of drug-likeness (QED) is 0.778. The largest absolute Gasteiger partial charge is 0.487 e. The molecule has 19 heavy (non-hydrogen) atoms. The number of H-pyrrole nitrogens is 1. The van der Waals surface area contributed by atoms with Crippen LogP contribution in [0.25, 0.3) is 10.9 Å². The van der Waals surface area contributed by atoms with E-state index in [0.29, 0.717) is 12.5 Å². The molecule has 2 aromatic heterocycles. The molecule has 1 N–H and O–H groups in total. The third kappa shape index (κ3) is 1.97. The average Bonchev–Trinajstić information content (AvgIpc) is 2.96. The van der Waals surface area contributed by atoms with Crippen molar-refractivity contribution in [2.24, 2.45) is 0 Å². The van der Waals surface area contributed by atoms with Gasteiger partial charge in [0.05, 0.1) is 11.7 Å². The number of aromatic amines is 1. The van der Waals surface area contributed by atoms with E-state index in [0.717, 1.165) is 22.3 Å². The van der Waals surface area contributed by atoms with E-state index in [4.69, 9.17) is 9.26 Å². The van der Waals surface area contributed by atoms with Crippen LogP contribution in [0.3, 0.4) is 0 Å². The van der Waals surface area contributed by atoms with Gasteiger partial charge < -0.3 is 9.26 Å². The number of rotatable bonds is 4. The van der Waals surface area contributed by atoms with Crippen molar-refractivity contribution in [3.8, 4) is 5.75 Å². The zero-order valence-corrected chi connectivity index (χ0v) is 10.3. The molecule has 0 radical (unpaired) electrons. The third-order valence-corrected chi connectivity index (χ3v) is 3.45.